The van der Waals surface area contributed by atoms with Crippen LogP contribution in [0.15, 0.2) is 12.3 Å². The molecule has 2 rings (SSSR count). The molecule has 2 atom stereocenters. The molecule has 1 aromatic rings. The maximum atomic E-state index is 11.0. The number of pyridine rings is 1. The lowest BCUT2D eigenvalue weighted by Crippen LogP contribution is -2.23. The normalized spacial score (nSPS) is 22.4. The number of ether oxygens (including phenoxy) is 1. The molecule has 0 radical (unpaired) electrons. The summed E-state index contributed by atoms with van der Waals surface area (Å²) in [6, 6.07) is 1.61. The van der Waals surface area contributed by atoms with Crippen LogP contribution < -0.4 is 10.5 Å². The van der Waals surface area contributed by atoms with E-state index in [1.165, 1.54) is 6.20 Å². The highest BCUT2D eigenvalue weighted by atomic mass is 16.6. The Bertz CT molecular complexity index is 464. The second kappa shape index (κ2) is 5.97. The highest BCUT2D eigenvalue weighted by Gasteiger charge is 2.28. The van der Waals surface area contributed by atoms with Crippen LogP contribution in [0.25, 0.3) is 0 Å². The largest absolute Gasteiger partial charge is 0.472 e. The molecule has 2 unspecified atom stereocenters. The predicted molar refractivity (Wildman–Crippen MR) is 71.0 cm³/mol. The molecular weight excluding hydrogens is 246 g/mol. The Hall–Kier alpha value is -1.69. The highest BCUT2D eigenvalue weighted by molar-refractivity contribution is 5.47. The van der Waals surface area contributed by atoms with Gasteiger partial charge in [-0.3, -0.25) is 10.1 Å². The molecule has 0 aliphatic heterocycles. The Morgan fingerprint density at radius 3 is 2.95 bits per heavy atom. The smallest absolute Gasteiger partial charge is 0.333 e. The van der Waals surface area contributed by atoms with Crippen molar-refractivity contribution in [1.29, 1.82) is 0 Å². The minimum Gasteiger partial charge on any atom is -0.472 e. The van der Waals surface area contributed by atoms with Crippen LogP contribution in [0, 0.1) is 28.9 Å². The summed E-state index contributed by atoms with van der Waals surface area (Å²) in [6.07, 6.45) is 4.88. The van der Waals surface area contributed by atoms with Crippen molar-refractivity contribution < 1.29 is 9.66 Å². The molecule has 1 fully saturated rings. The van der Waals surface area contributed by atoms with E-state index in [0.717, 1.165) is 19.3 Å². The van der Waals surface area contributed by atoms with Crippen molar-refractivity contribution in [2.75, 3.05) is 13.2 Å². The monoisotopic (exact) mass is 265 g/mol. The molecule has 1 aliphatic carbocycles. The van der Waals surface area contributed by atoms with Gasteiger partial charge >= 0.3 is 5.69 Å². The van der Waals surface area contributed by atoms with Crippen molar-refractivity contribution in [3.8, 4) is 5.88 Å². The molecule has 6 nitrogen and oxygen atoms in total. The summed E-state index contributed by atoms with van der Waals surface area (Å²) in [6.45, 7) is 2.79. The van der Waals surface area contributed by atoms with Gasteiger partial charge in [0, 0.05) is 11.8 Å². The van der Waals surface area contributed by atoms with Gasteiger partial charge in [-0.25, -0.2) is 4.98 Å². The molecule has 6 heteroatoms. The van der Waals surface area contributed by atoms with Gasteiger partial charge in [0.1, 0.15) is 0 Å². The Labute approximate surface area is 112 Å². The lowest BCUT2D eigenvalue weighted by Gasteiger charge is -2.17. The van der Waals surface area contributed by atoms with Gasteiger partial charge in [0.2, 0.25) is 0 Å². The summed E-state index contributed by atoms with van der Waals surface area (Å²) in [4.78, 5) is 14.6. The van der Waals surface area contributed by atoms with Crippen LogP contribution in [-0.2, 0) is 0 Å². The number of nitrogens with two attached hydrogens (primary N) is 1. The van der Waals surface area contributed by atoms with Gasteiger partial charge in [-0.1, -0.05) is 6.42 Å². The quantitative estimate of drug-likeness (QED) is 0.649. The molecule has 0 saturated heterocycles. The molecule has 1 aromatic heterocycles. The SMILES string of the molecule is Cc1ccnc(OCC2CCCC2CN)c1[N+](=O)[O-]. The van der Waals surface area contributed by atoms with E-state index in [9.17, 15) is 10.1 Å². The number of aromatic nitrogens is 1. The van der Waals surface area contributed by atoms with Gasteiger partial charge in [-0.05, 0) is 44.2 Å². The van der Waals surface area contributed by atoms with Crippen LogP contribution in [0.4, 0.5) is 5.69 Å². The van der Waals surface area contributed by atoms with E-state index in [1.807, 2.05) is 0 Å². The maximum absolute atomic E-state index is 11.0. The third kappa shape index (κ3) is 3.01. The highest BCUT2D eigenvalue weighted by Crippen LogP contribution is 2.33. The molecule has 19 heavy (non-hydrogen) atoms. The molecule has 2 N–H and O–H groups in total. The van der Waals surface area contributed by atoms with E-state index < -0.39 is 4.92 Å². The van der Waals surface area contributed by atoms with Crippen molar-refractivity contribution in [3.63, 3.8) is 0 Å². The second-order valence-corrected chi connectivity index (χ2v) is 5.04. The zero-order valence-electron chi connectivity index (χ0n) is 11.0. The van der Waals surface area contributed by atoms with E-state index in [1.54, 1.807) is 13.0 Å². The fourth-order valence-electron chi connectivity index (χ4n) is 2.68. The Balaban J connectivity index is 2.07. The summed E-state index contributed by atoms with van der Waals surface area (Å²) in [5.74, 6) is 0.962. The summed E-state index contributed by atoms with van der Waals surface area (Å²) in [7, 11) is 0. The zero-order valence-corrected chi connectivity index (χ0v) is 11.0. The van der Waals surface area contributed by atoms with Crippen LogP contribution in [0.2, 0.25) is 0 Å². The van der Waals surface area contributed by atoms with Gasteiger partial charge in [-0.2, -0.15) is 0 Å². The Kier molecular flexibility index (Phi) is 4.31. The average Bonchev–Trinajstić information content (AvgIpc) is 2.83. The molecule has 0 bridgehead atoms. The second-order valence-electron chi connectivity index (χ2n) is 5.04. The predicted octanol–water partition coefficient (Wildman–Crippen LogP) is 2.05. The number of hydrogen-bond acceptors (Lipinski definition) is 5. The van der Waals surface area contributed by atoms with Crippen molar-refractivity contribution >= 4 is 5.69 Å². The molecule has 0 spiro atoms. The molecule has 1 aliphatic rings. The maximum Gasteiger partial charge on any atom is 0.333 e. The van der Waals surface area contributed by atoms with Crippen molar-refractivity contribution in [3.05, 3.63) is 27.9 Å². The van der Waals surface area contributed by atoms with Gasteiger partial charge in [-0.15, -0.1) is 0 Å². The van der Waals surface area contributed by atoms with E-state index in [0.29, 0.717) is 30.6 Å². The number of rotatable bonds is 5. The average molecular weight is 265 g/mol. The van der Waals surface area contributed by atoms with Gasteiger partial charge in [0.05, 0.1) is 11.5 Å². The Morgan fingerprint density at radius 2 is 2.26 bits per heavy atom. The molecule has 104 valence electrons. The summed E-state index contributed by atoms with van der Waals surface area (Å²) >= 11 is 0. The van der Waals surface area contributed by atoms with Crippen LogP contribution >= 0.6 is 0 Å². The number of nitro groups is 1. The van der Waals surface area contributed by atoms with E-state index in [2.05, 4.69) is 4.98 Å². The van der Waals surface area contributed by atoms with Crippen LogP contribution in [0.5, 0.6) is 5.88 Å². The Morgan fingerprint density at radius 1 is 1.53 bits per heavy atom. The first-order valence-corrected chi connectivity index (χ1v) is 6.56. The van der Waals surface area contributed by atoms with Gasteiger partial charge in [0.25, 0.3) is 5.88 Å². The fourth-order valence-corrected chi connectivity index (χ4v) is 2.68. The lowest BCUT2D eigenvalue weighted by atomic mass is 9.97. The first-order chi connectivity index (χ1) is 9.13. The first kappa shape index (κ1) is 13.7. The minimum atomic E-state index is -0.438. The first-order valence-electron chi connectivity index (χ1n) is 6.56. The van der Waals surface area contributed by atoms with Crippen LogP contribution in [0.1, 0.15) is 24.8 Å². The molecule has 0 aromatic carbocycles. The third-order valence-electron chi connectivity index (χ3n) is 3.83. The zero-order chi connectivity index (χ0) is 13.8. The number of hydrogen-bond donors (Lipinski definition) is 1. The van der Waals surface area contributed by atoms with Crippen molar-refractivity contribution in [1.82, 2.24) is 4.98 Å². The van der Waals surface area contributed by atoms with Crippen LogP contribution in [0.3, 0.4) is 0 Å². The van der Waals surface area contributed by atoms with Crippen molar-refractivity contribution in [2.45, 2.75) is 26.2 Å². The fraction of sp³-hybridized carbons (Fsp3) is 0.615. The summed E-state index contributed by atoms with van der Waals surface area (Å²) < 4.78 is 5.59. The van der Waals surface area contributed by atoms with Gasteiger partial charge < -0.3 is 10.5 Å². The minimum absolute atomic E-state index is 0.0372. The van der Waals surface area contributed by atoms with Gasteiger partial charge in [0.15, 0.2) is 0 Å². The molecule has 1 heterocycles. The standard InChI is InChI=1S/C13H19N3O3/c1-9-5-6-15-13(12(9)16(17)18)19-8-11-4-2-3-10(11)7-14/h5-6,10-11H,2-4,7-8,14H2,1H3. The van der Waals surface area contributed by atoms with E-state index in [4.69, 9.17) is 10.5 Å². The molecule has 0 amide bonds. The lowest BCUT2D eigenvalue weighted by molar-refractivity contribution is -0.386. The number of nitrogens with zero attached hydrogens (tertiary/aromatic N) is 2. The van der Waals surface area contributed by atoms with Crippen molar-refractivity contribution in [2.24, 2.45) is 17.6 Å². The molecular formula is C13H19N3O3. The summed E-state index contributed by atoms with van der Waals surface area (Å²) in [5.41, 5.74) is 6.25. The summed E-state index contributed by atoms with van der Waals surface area (Å²) in [5, 5.41) is 11.0. The third-order valence-corrected chi connectivity index (χ3v) is 3.83. The van der Waals surface area contributed by atoms with E-state index >= 15 is 0 Å². The number of aryl methyl sites for hydroxylation is 1. The molecule has 1 saturated carbocycles. The van der Waals surface area contributed by atoms with E-state index in [-0.39, 0.29) is 11.6 Å². The topological polar surface area (TPSA) is 91.3 Å². The van der Waals surface area contributed by atoms with Crippen LogP contribution in [-0.4, -0.2) is 23.1 Å².